The summed E-state index contributed by atoms with van der Waals surface area (Å²) in [6.07, 6.45) is 3.57. The molecule has 1 aliphatic carbocycles. The Morgan fingerprint density at radius 2 is 2.05 bits per heavy atom. The van der Waals surface area contributed by atoms with Crippen LogP contribution in [0, 0.1) is 5.92 Å². The number of aliphatic carboxylic acids is 1. The highest BCUT2D eigenvalue weighted by molar-refractivity contribution is 7.07. The molecular weight excluding hydrogens is 296 g/mol. The van der Waals surface area contributed by atoms with Crippen LogP contribution in [0.2, 0.25) is 0 Å². The predicted molar refractivity (Wildman–Crippen MR) is 91.4 cm³/mol. The number of nitrogens with zero attached hydrogens (tertiary/aromatic N) is 1. The van der Waals surface area contributed by atoms with E-state index in [-0.39, 0.29) is 5.92 Å². The summed E-state index contributed by atoms with van der Waals surface area (Å²) in [6, 6.07) is 3.10. The summed E-state index contributed by atoms with van der Waals surface area (Å²) in [5.74, 6) is -0.758. The molecule has 0 amide bonds. The van der Waals surface area contributed by atoms with Crippen molar-refractivity contribution in [2.24, 2.45) is 5.92 Å². The third-order valence-corrected chi connectivity index (χ3v) is 5.56. The topological polar surface area (TPSA) is 52.6 Å². The molecule has 0 bridgehead atoms. The van der Waals surface area contributed by atoms with Crippen molar-refractivity contribution in [1.82, 2.24) is 10.2 Å². The summed E-state index contributed by atoms with van der Waals surface area (Å²) in [5, 5.41) is 17.2. The molecule has 1 aliphatic rings. The van der Waals surface area contributed by atoms with Gasteiger partial charge in [0.2, 0.25) is 0 Å². The zero-order valence-corrected chi connectivity index (χ0v) is 14.4. The summed E-state index contributed by atoms with van der Waals surface area (Å²) in [6.45, 7) is 7.46. The lowest BCUT2D eigenvalue weighted by molar-refractivity contribution is -0.142. The Morgan fingerprint density at radius 1 is 1.36 bits per heavy atom. The van der Waals surface area contributed by atoms with Gasteiger partial charge in [0.1, 0.15) is 0 Å². The van der Waals surface area contributed by atoms with Gasteiger partial charge in [-0.1, -0.05) is 13.8 Å². The van der Waals surface area contributed by atoms with Gasteiger partial charge in [-0.05, 0) is 61.2 Å². The van der Waals surface area contributed by atoms with Crippen molar-refractivity contribution in [3.05, 3.63) is 22.4 Å². The van der Waals surface area contributed by atoms with E-state index in [9.17, 15) is 4.79 Å². The third kappa shape index (κ3) is 4.54. The van der Waals surface area contributed by atoms with Crippen LogP contribution < -0.4 is 5.32 Å². The molecule has 5 heteroatoms. The molecule has 22 heavy (non-hydrogen) atoms. The summed E-state index contributed by atoms with van der Waals surface area (Å²) in [4.78, 5) is 13.5. The molecule has 1 atom stereocenters. The minimum absolute atomic E-state index is 0.131. The van der Waals surface area contributed by atoms with Crippen molar-refractivity contribution in [2.75, 3.05) is 19.6 Å². The van der Waals surface area contributed by atoms with Crippen molar-refractivity contribution < 1.29 is 9.90 Å². The van der Waals surface area contributed by atoms with Gasteiger partial charge >= 0.3 is 5.97 Å². The first-order chi connectivity index (χ1) is 10.7. The number of carboxylic acid groups (broad SMARTS) is 1. The molecule has 4 nitrogen and oxygen atoms in total. The fourth-order valence-electron chi connectivity index (χ4n) is 3.41. The van der Waals surface area contributed by atoms with Crippen LogP contribution in [0.1, 0.15) is 51.1 Å². The van der Waals surface area contributed by atoms with Crippen LogP contribution in [0.25, 0.3) is 0 Å². The van der Waals surface area contributed by atoms with Crippen molar-refractivity contribution in [1.29, 1.82) is 0 Å². The van der Waals surface area contributed by atoms with Gasteiger partial charge in [0.25, 0.3) is 0 Å². The number of nitrogens with one attached hydrogen (secondary N) is 1. The Balaban J connectivity index is 1.88. The van der Waals surface area contributed by atoms with Gasteiger partial charge in [-0.25, -0.2) is 0 Å². The highest BCUT2D eigenvalue weighted by Gasteiger charge is 2.27. The molecule has 0 aromatic carbocycles. The second-order valence-electron chi connectivity index (χ2n) is 6.09. The van der Waals surface area contributed by atoms with Crippen LogP contribution in [0.5, 0.6) is 0 Å². The van der Waals surface area contributed by atoms with E-state index < -0.39 is 5.97 Å². The Labute approximate surface area is 137 Å². The van der Waals surface area contributed by atoms with Crippen LogP contribution in [-0.2, 0) is 4.79 Å². The quantitative estimate of drug-likeness (QED) is 0.770. The second-order valence-corrected chi connectivity index (χ2v) is 6.87. The highest BCUT2D eigenvalue weighted by atomic mass is 32.1. The highest BCUT2D eigenvalue weighted by Crippen LogP contribution is 2.26. The molecule has 2 N–H and O–H groups in total. The van der Waals surface area contributed by atoms with Gasteiger partial charge in [0.05, 0.1) is 5.92 Å². The van der Waals surface area contributed by atoms with Gasteiger partial charge < -0.3 is 10.4 Å². The Morgan fingerprint density at radius 3 is 2.55 bits per heavy atom. The van der Waals surface area contributed by atoms with Gasteiger partial charge in [-0.3, -0.25) is 9.69 Å². The lowest BCUT2D eigenvalue weighted by atomic mass is 9.86. The number of carbonyl (C=O) groups is 1. The van der Waals surface area contributed by atoms with Crippen LogP contribution in [0.4, 0.5) is 0 Å². The van der Waals surface area contributed by atoms with Crippen LogP contribution in [-0.4, -0.2) is 41.7 Å². The molecular formula is C17H28N2O2S. The third-order valence-electron chi connectivity index (χ3n) is 4.86. The minimum atomic E-state index is -0.627. The standard InChI is InChI=1S/C17H28N2O2S/c1-3-19(4-2)16(14-9-10-22-12-14)11-18-15-7-5-13(6-8-15)17(20)21/h9-10,12-13,15-16,18H,3-8,11H2,1-2H3,(H,20,21). The van der Waals surface area contributed by atoms with Crippen LogP contribution in [0.15, 0.2) is 16.8 Å². The predicted octanol–water partition coefficient (Wildman–Crippen LogP) is 3.36. The van der Waals surface area contributed by atoms with Crippen molar-refractivity contribution in [3.8, 4) is 0 Å². The molecule has 1 saturated carbocycles. The SMILES string of the molecule is CCN(CC)C(CNC1CCC(C(=O)O)CC1)c1ccsc1. The molecule has 1 heterocycles. The average molecular weight is 324 g/mol. The van der Waals surface area contributed by atoms with E-state index in [2.05, 4.69) is 40.9 Å². The molecule has 124 valence electrons. The first kappa shape index (κ1) is 17.4. The first-order valence-electron chi connectivity index (χ1n) is 8.38. The normalized spacial score (nSPS) is 23.6. The Bertz CT molecular complexity index is 438. The van der Waals surface area contributed by atoms with E-state index in [0.717, 1.165) is 45.3 Å². The maximum absolute atomic E-state index is 11.0. The fourth-order valence-corrected chi connectivity index (χ4v) is 4.12. The Hall–Kier alpha value is -0.910. The maximum atomic E-state index is 11.0. The van der Waals surface area contributed by atoms with E-state index in [1.807, 2.05) is 0 Å². The number of thiophene rings is 1. The van der Waals surface area contributed by atoms with E-state index in [4.69, 9.17) is 5.11 Å². The van der Waals surface area contributed by atoms with Crippen LogP contribution in [0.3, 0.4) is 0 Å². The molecule has 0 aliphatic heterocycles. The molecule has 1 fully saturated rings. The summed E-state index contributed by atoms with van der Waals surface area (Å²) < 4.78 is 0. The van der Waals surface area contributed by atoms with Gasteiger partial charge in [0, 0.05) is 18.6 Å². The smallest absolute Gasteiger partial charge is 0.306 e. The van der Waals surface area contributed by atoms with E-state index >= 15 is 0 Å². The zero-order chi connectivity index (χ0) is 15.9. The lowest BCUT2D eigenvalue weighted by Gasteiger charge is -2.33. The second kappa shape index (κ2) is 8.65. The summed E-state index contributed by atoms with van der Waals surface area (Å²) in [7, 11) is 0. The zero-order valence-electron chi connectivity index (χ0n) is 13.6. The molecule has 0 radical (unpaired) electrons. The minimum Gasteiger partial charge on any atom is -0.481 e. The fraction of sp³-hybridized carbons (Fsp3) is 0.706. The van der Waals surface area contributed by atoms with Crippen molar-refractivity contribution >= 4 is 17.3 Å². The Kier molecular flexibility index (Phi) is 6.86. The van der Waals surface area contributed by atoms with Gasteiger partial charge in [0.15, 0.2) is 0 Å². The number of hydrogen-bond acceptors (Lipinski definition) is 4. The van der Waals surface area contributed by atoms with Crippen LogP contribution >= 0.6 is 11.3 Å². The number of likely N-dealkylation sites (N-methyl/N-ethyl adjacent to an activating group) is 1. The summed E-state index contributed by atoms with van der Waals surface area (Å²) in [5.41, 5.74) is 1.39. The van der Waals surface area contributed by atoms with Crippen molar-refractivity contribution in [2.45, 2.75) is 51.6 Å². The summed E-state index contributed by atoms with van der Waals surface area (Å²) >= 11 is 1.75. The number of carboxylic acids is 1. The van der Waals surface area contributed by atoms with E-state index in [1.165, 1.54) is 5.56 Å². The largest absolute Gasteiger partial charge is 0.481 e. The van der Waals surface area contributed by atoms with E-state index in [1.54, 1.807) is 11.3 Å². The monoisotopic (exact) mass is 324 g/mol. The lowest BCUT2D eigenvalue weighted by Crippen LogP contribution is -2.41. The number of hydrogen-bond donors (Lipinski definition) is 2. The van der Waals surface area contributed by atoms with E-state index in [0.29, 0.717) is 12.1 Å². The molecule has 1 aromatic rings. The van der Waals surface area contributed by atoms with Crippen molar-refractivity contribution in [3.63, 3.8) is 0 Å². The maximum Gasteiger partial charge on any atom is 0.306 e. The first-order valence-corrected chi connectivity index (χ1v) is 9.32. The number of rotatable bonds is 8. The molecule has 1 aromatic heterocycles. The molecule has 0 spiro atoms. The van der Waals surface area contributed by atoms with Gasteiger partial charge in [-0.15, -0.1) is 0 Å². The van der Waals surface area contributed by atoms with Gasteiger partial charge in [-0.2, -0.15) is 11.3 Å². The molecule has 0 saturated heterocycles. The average Bonchev–Trinajstić information content (AvgIpc) is 3.06. The molecule has 1 unspecified atom stereocenters. The molecule has 2 rings (SSSR count).